The first-order valence-corrected chi connectivity index (χ1v) is 9.94. The van der Waals surface area contributed by atoms with Crippen molar-refractivity contribution in [2.24, 2.45) is 7.05 Å². The normalized spacial score (nSPS) is 14.9. The molecule has 1 aliphatic heterocycles. The average molecular weight is 404 g/mol. The number of aryl methyl sites for hydroxylation is 3. The van der Waals surface area contributed by atoms with Crippen molar-refractivity contribution in [2.75, 3.05) is 18.4 Å². The Bertz CT molecular complexity index is 1220. The van der Waals surface area contributed by atoms with Gasteiger partial charge >= 0.3 is 0 Å². The fourth-order valence-electron chi connectivity index (χ4n) is 3.77. The zero-order valence-corrected chi connectivity index (χ0v) is 17.2. The summed E-state index contributed by atoms with van der Waals surface area (Å²) in [6.07, 6.45) is 5.45. The van der Waals surface area contributed by atoms with Crippen LogP contribution in [-0.2, 0) is 13.6 Å². The van der Waals surface area contributed by atoms with E-state index in [4.69, 9.17) is 4.98 Å². The molecule has 1 fully saturated rings. The van der Waals surface area contributed by atoms with Gasteiger partial charge in [-0.05, 0) is 32.0 Å². The minimum absolute atomic E-state index is 0.205. The molecule has 0 aliphatic carbocycles. The molecular weight excluding hydrogens is 380 g/mol. The van der Waals surface area contributed by atoms with Gasteiger partial charge in [-0.3, -0.25) is 9.58 Å². The van der Waals surface area contributed by atoms with E-state index in [-0.39, 0.29) is 6.10 Å². The number of aliphatic hydroxyl groups is 1. The van der Waals surface area contributed by atoms with E-state index in [9.17, 15) is 5.11 Å². The number of hydrogen-bond acceptors (Lipinski definition) is 7. The Morgan fingerprint density at radius 1 is 1.20 bits per heavy atom. The minimum Gasteiger partial charge on any atom is -0.390 e. The zero-order chi connectivity index (χ0) is 20.8. The Labute approximate surface area is 174 Å². The largest absolute Gasteiger partial charge is 0.390 e. The second-order valence-electron chi connectivity index (χ2n) is 7.90. The van der Waals surface area contributed by atoms with Gasteiger partial charge in [0.05, 0.1) is 23.5 Å². The number of nitrogens with zero attached hydrogens (tertiary/aromatic N) is 7. The molecule has 0 spiro atoms. The maximum atomic E-state index is 9.51. The highest BCUT2D eigenvalue weighted by molar-refractivity contribution is 5.83. The van der Waals surface area contributed by atoms with Gasteiger partial charge in [0.15, 0.2) is 5.82 Å². The minimum atomic E-state index is -0.205. The van der Waals surface area contributed by atoms with Gasteiger partial charge in [0.1, 0.15) is 0 Å². The van der Waals surface area contributed by atoms with Gasteiger partial charge in [0.25, 0.3) is 0 Å². The van der Waals surface area contributed by atoms with Gasteiger partial charge in [-0.25, -0.2) is 9.67 Å². The summed E-state index contributed by atoms with van der Waals surface area (Å²) in [6.45, 7) is 6.19. The zero-order valence-electron chi connectivity index (χ0n) is 17.2. The summed E-state index contributed by atoms with van der Waals surface area (Å²) >= 11 is 0. The third kappa shape index (κ3) is 3.42. The number of hydrogen-bond donors (Lipinski definition) is 2. The van der Waals surface area contributed by atoms with Crippen LogP contribution in [0.1, 0.15) is 16.8 Å². The van der Waals surface area contributed by atoms with E-state index in [0.717, 1.165) is 45.8 Å². The Hall–Kier alpha value is -3.30. The molecule has 3 aromatic heterocycles. The fraction of sp³-hybridized carbons (Fsp3) is 0.333. The molecule has 4 heterocycles. The van der Waals surface area contributed by atoms with Crippen molar-refractivity contribution in [1.29, 1.82) is 0 Å². The maximum Gasteiger partial charge on any atom is 0.229 e. The summed E-state index contributed by atoms with van der Waals surface area (Å²) in [5.74, 6) is 1.26. The van der Waals surface area contributed by atoms with Crippen molar-refractivity contribution < 1.29 is 5.11 Å². The molecule has 30 heavy (non-hydrogen) atoms. The number of anilines is 2. The summed E-state index contributed by atoms with van der Waals surface area (Å²) in [5.41, 5.74) is 5.01. The summed E-state index contributed by atoms with van der Waals surface area (Å²) in [7, 11) is 1.93. The van der Waals surface area contributed by atoms with Gasteiger partial charge in [-0.1, -0.05) is 0 Å². The van der Waals surface area contributed by atoms with Crippen LogP contribution >= 0.6 is 0 Å². The van der Waals surface area contributed by atoms with Crippen molar-refractivity contribution in [2.45, 2.75) is 26.5 Å². The Morgan fingerprint density at radius 2 is 2.03 bits per heavy atom. The molecule has 0 radical (unpaired) electrons. The van der Waals surface area contributed by atoms with E-state index in [1.54, 1.807) is 6.20 Å². The third-order valence-corrected chi connectivity index (χ3v) is 5.50. The Morgan fingerprint density at radius 3 is 2.83 bits per heavy atom. The average Bonchev–Trinajstić information content (AvgIpc) is 3.25. The van der Waals surface area contributed by atoms with Crippen molar-refractivity contribution in [3.63, 3.8) is 0 Å². The van der Waals surface area contributed by atoms with E-state index in [2.05, 4.69) is 25.4 Å². The smallest absolute Gasteiger partial charge is 0.229 e. The summed E-state index contributed by atoms with van der Waals surface area (Å²) < 4.78 is 3.66. The first kappa shape index (κ1) is 18.7. The molecule has 4 aromatic rings. The number of fused-ring (bicyclic) bond motifs is 1. The molecule has 0 bridgehead atoms. The molecular formula is C21H24N8O. The summed E-state index contributed by atoms with van der Waals surface area (Å²) in [4.78, 5) is 11.3. The molecule has 0 saturated carbocycles. The number of aromatic nitrogens is 6. The third-order valence-electron chi connectivity index (χ3n) is 5.50. The fourth-order valence-corrected chi connectivity index (χ4v) is 3.77. The highest BCUT2D eigenvalue weighted by atomic mass is 16.3. The van der Waals surface area contributed by atoms with Crippen LogP contribution in [0.2, 0.25) is 0 Å². The predicted octanol–water partition coefficient (Wildman–Crippen LogP) is 2.09. The second kappa shape index (κ2) is 7.19. The van der Waals surface area contributed by atoms with Crippen molar-refractivity contribution in [3.8, 4) is 5.82 Å². The molecule has 0 amide bonds. The maximum absolute atomic E-state index is 9.51. The summed E-state index contributed by atoms with van der Waals surface area (Å²) in [5, 5.41) is 22.8. The van der Waals surface area contributed by atoms with Crippen LogP contribution in [0.4, 0.5) is 11.6 Å². The Kier molecular flexibility index (Phi) is 4.48. The van der Waals surface area contributed by atoms with Gasteiger partial charge in [-0.15, -0.1) is 0 Å². The number of nitrogens with one attached hydrogen (secondary N) is 1. The number of β-amino-alcohol motifs (C(OH)–C–C–N with tert-alkyl or cyclic N) is 1. The molecule has 0 atom stereocenters. The quantitative estimate of drug-likeness (QED) is 0.526. The van der Waals surface area contributed by atoms with Gasteiger partial charge < -0.3 is 10.4 Å². The second-order valence-corrected chi connectivity index (χ2v) is 7.90. The lowest BCUT2D eigenvalue weighted by atomic mass is 10.1. The van der Waals surface area contributed by atoms with E-state index in [1.807, 2.05) is 60.9 Å². The number of likely N-dealkylation sites (tertiary alicyclic amines) is 1. The lowest BCUT2D eigenvalue weighted by Crippen LogP contribution is -2.49. The first-order valence-electron chi connectivity index (χ1n) is 9.94. The first-order chi connectivity index (χ1) is 14.5. The highest BCUT2D eigenvalue weighted by Crippen LogP contribution is 2.22. The molecule has 154 valence electrons. The molecule has 0 unspecified atom stereocenters. The van der Waals surface area contributed by atoms with Crippen LogP contribution in [-0.4, -0.2) is 58.7 Å². The van der Waals surface area contributed by atoms with Crippen LogP contribution in [0.15, 0.2) is 36.8 Å². The number of aliphatic hydroxyl groups excluding tert-OH is 1. The van der Waals surface area contributed by atoms with Crippen LogP contribution in [0.25, 0.3) is 16.7 Å². The lowest BCUT2D eigenvalue weighted by molar-refractivity contribution is -0.00297. The van der Waals surface area contributed by atoms with Crippen LogP contribution < -0.4 is 5.32 Å². The Balaban J connectivity index is 1.40. The van der Waals surface area contributed by atoms with E-state index in [1.165, 1.54) is 0 Å². The molecule has 2 N–H and O–H groups in total. The molecule has 5 rings (SSSR count). The van der Waals surface area contributed by atoms with Crippen LogP contribution in [0.3, 0.4) is 0 Å². The van der Waals surface area contributed by atoms with E-state index < -0.39 is 0 Å². The lowest BCUT2D eigenvalue weighted by Gasteiger charge is -2.35. The summed E-state index contributed by atoms with van der Waals surface area (Å²) in [6, 6.07) is 6.04. The van der Waals surface area contributed by atoms with Crippen molar-refractivity contribution >= 4 is 22.5 Å². The highest BCUT2D eigenvalue weighted by Gasteiger charge is 2.25. The molecule has 1 saturated heterocycles. The van der Waals surface area contributed by atoms with Crippen molar-refractivity contribution in [3.05, 3.63) is 53.6 Å². The molecule has 1 aromatic carbocycles. The monoisotopic (exact) mass is 404 g/mol. The number of benzene rings is 1. The number of rotatable bonds is 5. The van der Waals surface area contributed by atoms with Crippen LogP contribution in [0.5, 0.6) is 0 Å². The molecule has 9 heteroatoms. The molecule has 9 nitrogen and oxygen atoms in total. The van der Waals surface area contributed by atoms with Crippen molar-refractivity contribution in [1.82, 2.24) is 34.4 Å². The van der Waals surface area contributed by atoms with Gasteiger partial charge in [0.2, 0.25) is 5.95 Å². The van der Waals surface area contributed by atoms with E-state index in [0.29, 0.717) is 19.0 Å². The standard InChI is InChI=1S/C21H24N8O/c1-13-7-22-21(24-17-4-5-19-15(6-17)8-23-27(19)3)25-20(13)29-10-16(14(2)26-29)9-28-11-18(30)12-28/h4-8,10,18,30H,9,11-12H2,1-3H3,(H,22,24,25). The SMILES string of the molecule is Cc1cnc(Nc2ccc3c(cnn3C)c2)nc1-n1cc(CN2CC(O)C2)c(C)n1. The van der Waals surface area contributed by atoms with Gasteiger partial charge in [0, 0.05) is 61.3 Å². The molecule has 1 aliphatic rings. The van der Waals surface area contributed by atoms with E-state index >= 15 is 0 Å². The van der Waals surface area contributed by atoms with Crippen LogP contribution in [0, 0.1) is 13.8 Å². The topological polar surface area (TPSA) is 96.9 Å². The van der Waals surface area contributed by atoms with Gasteiger partial charge in [-0.2, -0.15) is 15.2 Å². The predicted molar refractivity (Wildman–Crippen MR) is 114 cm³/mol.